The number of rotatable bonds is 3. The predicted octanol–water partition coefficient (Wildman–Crippen LogP) is 3.37. The van der Waals surface area contributed by atoms with Gasteiger partial charge in [-0.15, -0.1) is 0 Å². The molecule has 6 heteroatoms. The molecule has 2 fully saturated rings. The SMILES string of the molecule is COC(=O)c1ccc(C=C2C(=O)N(c3ccccc3)C(=O)C23CCCCO3)cc1. The van der Waals surface area contributed by atoms with Crippen LogP contribution in [0.4, 0.5) is 5.69 Å². The van der Waals surface area contributed by atoms with E-state index in [2.05, 4.69) is 0 Å². The minimum absolute atomic E-state index is 0.330. The first kappa shape index (κ1) is 19.1. The third-order valence-corrected chi connectivity index (χ3v) is 5.35. The summed E-state index contributed by atoms with van der Waals surface area (Å²) in [6.45, 7) is 0.431. The van der Waals surface area contributed by atoms with Crippen LogP contribution in [0, 0.1) is 0 Å². The van der Waals surface area contributed by atoms with Crippen LogP contribution in [-0.2, 0) is 19.1 Å². The maximum absolute atomic E-state index is 13.4. The van der Waals surface area contributed by atoms with Gasteiger partial charge in [0.1, 0.15) is 0 Å². The molecule has 2 heterocycles. The van der Waals surface area contributed by atoms with E-state index in [9.17, 15) is 14.4 Å². The summed E-state index contributed by atoms with van der Waals surface area (Å²) in [6.07, 6.45) is 3.82. The highest BCUT2D eigenvalue weighted by molar-refractivity contribution is 6.33. The molecule has 2 aromatic carbocycles. The van der Waals surface area contributed by atoms with Crippen LogP contribution >= 0.6 is 0 Å². The number of imide groups is 1. The minimum Gasteiger partial charge on any atom is -0.465 e. The van der Waals surface area contributed by atoms with Crippen LogP contribution in [-0.4, -0.2) is 37.1 Å². The molecule has 1 spiro atoms. The van der Waals surface area contributed by atoms with Gasteiger partial charge in [0.25, 0.3) is 11.8 Å². The molecule has 4 rings (SSSR count). The van der Waals surface area contributed by atoms with Gasteiger partial charge in [-0.25, -0.2) is 9.69 Å². The number of hydrogen-bond donors (Lipinski definition) is 0. The van der Waals surface area contributed by atoms with Crippen LogP contribution < -0.4 is 4.90 Å². The van der Waals surface area contributed by atoms with Crippen molar-refractivity contribution in [2.45, 2.75) is 24.9 Å². The van der Waals surface area contributed by atoms with E-state index in [4.69, 9.17) is 9.47 Å². The number of ether oxygens (including phenoxy) is 2. The number of esters is 1. The monoisotopic (exact) mass is 391 g/mol. The van der Waals surface area contributed by atoms with Gasteiger partial charge in [0, 0.05) is 6.61 Å². The molecule has 0 N–H and O–H groups in total. The lowest BCUT2D eigenvalue weighted by Crippen LogP contribution is -2.45. The lowest BCUT2D eigenvalue weighted by molar-refractivity contribution is -0.140. The van der Waals surface area contributed by atoms with Crippen molar-refractivity contribution in [3.05, 3.63) is 71.3 Å². The Hall–Kier alpha value is -3.25. The molecule has 0 aliphatic carbocycles. The standard InChI is InChI=1S/C23H21NO5/c1-28-21(26)17-11-9-16(10-12-17)15-19-20(25)24(18-7-3-2-4-8-18)22(27)23(19)13-5-6-14-29-23/h2-4,7-12,15H,5-6,13-14H2,1H3. The number of methoxy groups -OCH3 is 1. The van der Waals surface area contributed by atoms with Gasteiger partial charge >= 0.3 is 5.97 Å². The molecule has 29 heavy (non-hydrogen) atoms. The van der Waals surface area contributed by atoms with Gasteiger partial charge in [-0.05, 0) is 55.2 Å². The number of benzene rings is 2. The molecular weight excluding hydrogens is 370 g/mol. The Labute approximate surface area is 168 Å². The summed E-state index contributed by atoms with van der Waals surface area (Å²) in [4.78, 5) is 39.5. The van der Waals surface area contributed by atoms with Gasteiger partial charge in [-0.2, -0.15) is 0 Å². The smallest absolute Gasteiger partial charge is 0.337 e. The highest BCUT2D eigenvalue weighted by atomic mass is 16.5. The van der Waals surface area contributed by atoms with Crippen molar-refractivity contribution in [3.8, 4) is 0 Å². The number of para-hydroxylation sites is 1. The summed E-state index contributed by atoms with van der Waals surface area (Å²) in [7, 11) is 1.32. The van der Waals surface area contributed by atoms with Gasteiger partial charge in [0.15, 0.2) is 5.60 Å². The number of carbonyl (C=O) groups excluding carboxylic acids is 3. The van der Waals surface area contributed by atoms with Gasteiger partial charge in [-0.1, -0.05) is 30.3 Å². The van der Waals surface area contributed by atoms with Crippen LogP contribution in [0.3, 0.4) is 0 Å². The van der Waals surface area contributed by atoms with Gasteiger partial charge in [-0.3, -0.25) is 9.59 Å². The summed E-state index contributed by atoms with van der Waals surface area (Å²) >= 11 is 0. The van der Waals surface area contributed by atoms with Crippen LogP contribution in [0.15, 0.2) is 60.2 Å². The van der Waals surface area contributed by atoms with E-state index in [1.165, 1.54) is 12.0 Å². The fraction of sp³-hybridized carbons (Fsp3) is 0.261. The summed E-state index contributed by atoms with van der Waals surface area (Å²) in [5.41, 5.74) is 0.722. The molecule has 6 nitrogen and oxygen atoms in total. The van der Waals surface area contributed by atoms with Gasteiger partial charge in [0.2, 0.25) is 0 Å². The largest absolute Gasteiger partial charge is 0.465 e. The lowest BCUT2D eigenvalue weighted by atomic mass is 9.86. The van der Waals surface area contributed by atoms with E-state index in [1.807, 2.05) is 6.07 Å². The maximum atomic E-state index is 13.4. The van der Waals surface area contributed by atoms with Crippen LogP contribution in [0.25, 0.3) is 6.08 Å². The normalized spacial score (nSPS) is 23.1. The molecule has 2 aromatic rings. The number of nitrogens with zero attached hydrogens (tertiary/aromatic N) is 1. The summed E-state index contributed by atoms with van der Waals surface area (Å²) in [5, 5.41) is 0. The zero-order valence-corrected chi connectivity index (χ0v) is 16.1. The predicted molar refractivity (Wildman–Crippen MR) is 107 cm³/mol. The number of carbonyl (C=O) groups is 3. The molecule has 1 unspecified atom stereocenters. The molecule has 1 atom stereocenters. The van der Waals surface area contributed by atoms with Crippen LogP contribution in [0.1, 0.15) is 35.2 Å². The first-order valence-electron chi connectivity index (χ1n) is 9.55. The Morgan fingerprint density at radius 2 is 1.79 bits per heavy atom. The van der Waals surface area contributed by atoms with Crippen LogP contribution in [0.2, 0.25) is 0 Å². The van der Waals surface area contributed by atoms with E-state index in [-0.39, 0.29) is 11.8 Å². The van der Waals surface area contributed by atoms with Crippen molar-refractivity contribution in [1.82, 2.24) is 0 Å². The van der Waals surface area contributed by atoms with E-state index in [0.29, 0.717) is 35.4 Å². The average molecular weight is 391 g/mol. The van der Waals surface area contributed by atoms with Crippen LogP contribution in [0.5, 0.6) is 0 Å². The molecule has 148 valence electrons. The van der Waals surface area contributed by atoms with E-state index in [1.54, 1.807) is 54.6 Å². The molecular formula is C23H21NO5. The van der Waals surface area contributed by atoms with Crippen molar-refractivity contribution < 1.29 is 23.9 Å². The summed E-state index contributed by atoms with van der Waals surface area (Å²) < 4.78 is 10.7. The Bertz CT molecular complexity index is 972. The molecule has 2 amide bonds. The Kier molecular flexibility index (Phi) is 5.03. The fourth-order valence-electron chi connectivity index (χ4n) is 3.85. The third-order valence-electron chi connectivity index (χ3n) is 5.35. The molecule has 2 saturated heterocycles. The quantitative estimate of drug-likeness (QED) is 0.456. The van der Waals surface area contributed by atoms with Crippen molar-refractivity contribution in [2.24, 2.45) is 0 Å². The average Bonchev–Trinajstić information content (AvgIpc) is 2.96. The lowest BCUT2D eigenvalue weighted by Gasteiger charge is -2.32. The highest BCUT2D eigenvalue weighted by Crippen LogP contribution is 2.42. The maximum Gasteiger partial charge on any atom is 0.337 e. The topological polar surface area (TPSA) is 72.9 Å². The molecule has 2 aliphatic rings. The molecule has 0 bridgehead atoms. The van der Waals surface area contributed by atoms with E-state index >= 15 is 0 Å². The molecule has 2 aliphatic heterocycles. The third kappa shape index (κ3) is 3.25. The Morgan fingerprint density at radius 1 is 1.07 bits per heavy atom. The highest BCUT2D eigenvalue weighted by Gasteiger charge is 2.57. The van der Waals surface area contributed by atoms with E-state index < -0.39 is 11.6 Å². The van der Waals surface area contributed by atoms with Gasteiger partial charge < -0.3 is 9.47 Å². The molecule has 0 aromatic heterocycles. The molecule has 0 radical (unpaired) electrons. The van der Waals surface area contributed by atoms with E-state index in [0.717, 1.165) is 12.8 Å². The number of anilines is 1. The number of amides is 2. The second kappa shape index (κ2) is 7.64. The minimum atomic E-state index is -1.26. The van der Waals surface area contributed by atoms with Crippen molar-refractivity contribution >= 4 is 29.5 Å². The first-order valence-corrected chi connectivity index (χ1v) is 9.55. The zero-order valence-electron chi connectivity index (χ0n) is 16.1. The van der Waals surface area contributed by atoms with Crippen molar-refractivity contribution in [2.75, 3.05) is 18.6 Å². The Balaban J connectivity index is 1.77. The first-order chi connectivity index (χ1) is 14.1. The fourth-order valence-corrected chi connectivity index (χ4v) is 3.85. The Morgan fingerprint density at radius 3 is 2.41 bits per heavy atom. The summed E-state index contributed by atoms with van der Waals surface area (Å²) in [6, 6.07) is 15.6. The zero-order chi connectivity index (χ0) is 20.4. The second-order valence-corrected chi connectivity index (χ2v) is 7.09. The van der Waals surface area contributed by atoms with Gasteiger partial charge in [0.05, 0.1) is 23.9 Å². The van der Waals surface area contributed by atoms with Crippen molar-refractivity contribution in [3.63, 3.8) is 0 Å². The second-order valence-electron chi connectivity index (χ2n) is 7.09. The number of hydrogen-bond acceptors (Lipinski definition) is 5. The molecule has 0 saturated carbocycles. The van der Waals surface area contributed by atoms with Crippen molar-refractivity contribution in [1.29, 1.82) is 0 Å². The summed E-state index contributed by atoms with van der Waals surface area (Å²) in [5.74, 6) is -1.15.